The topological polar surface area (TPSA) is 40.5 Å². The third kappa shape index (κ3) is 3.57. The Morgan fingerprint density at radius 2 is 2.10 bits per heavy atom. The molecule has 1 N–H and O–H groups in total. The number of hydrogen-bond acceptors (Lipinski definition) is 2. The summed E-state index contributed by atoms with van der Waals surface area (Å²) in [5.41, 5.74) is 1.03. The van der Waals surface area contributed by atoms with Crippen molar-refractivity contribution in [3.63, 3.8) is 0 Å². The first-order valence-corrected chi connectivity index (χ1v) is 7.01. The maximum Gasteiger partial charge on any atom is 0.335 e. The molecule has 1 atom stereocenters. The average Bonchev–Trinajstić information content (AvgIpc) is 2.76. The van der Waals surface area contributed by atoms with Gasteiger partial charge >= 0.3 is 5.97 Å². The monoisotopic (exact) mass is 279 g/mol. The number of nitrogens with zero attached hydrogens (tertiary/aromatic N) is 1. The van der Waals surface area contributed by atoms with Gasteiger partial charge in [0, 0.05) is 13.1 Å². The van der Waals surface area contributed by atoms with Crippen molar-refractivity contribution >= 4 is 5.97 Å². The highest BCUT2D eigenvalue weighted by Gasteiger charge is 2.31. The average molecular weight is 279 g/mol. The lowest BCUT2D eigenvalue weighted by molar-refractivity contribution is 0.0696. The van der Waals surface area contributed by atoms with Crippen molar-refractivity contribution in [2.24, 2.45) is 11.3 Å². The molecule has 0 radical (unpaired) electrons. The number of aromatic carboxylic acids is 1. The van der Waals surface area contributed by atoms with Crippen LogP contribution in [0.1, 0.15) is 43.1 Å². The molecule has 2 rings (SSSR count). The van der Waals surface area contributed by atoms with E-state index in [0.717, 1.165) is 31.1 Å². The van der Waals surface area contributed by atoms with Crippen LogP contribution in [0, 0.1) is 17.2 Å². The van der Waals surface area contributed by atoms with Crippen LogP contribution in [0.25, 0.3) is 0 Å². The number of rotatable bonds is 3. The molecule has 110 valence electrons. The molecule has 4 heteroatoms. The van der Waals surface area contributed by atoms with Crippen molar-refractivity contribution in [3.8, 4) is 0 Å². The van der Waals surface area contributed by atoms with Gasteiger partial charge in [0.25, 0.3) is 0 Å². The first-order valence-electron chi connectivity index (χ1n) is 7.01. The number of carboxylic acid groups (broad SMARTS) is 1. The van der Waals surface area contributed by atoms with Crippen molar-refractivity contribution in [1.82, 2.24) is 4.90 Å². The van der Waals surface area contributed by atoms with Gasteiger partial charge in [0.15, 0.2) is 0 Å². The number of halogens is 1. The van der Waals surface area contributed by atoms with Gasteiger partial charge in [-0.25, -0.2) is 9.18 Å². The normalized spacial score (nSPS) is 20.3. The van der Waals surface area contributed by atoms with E-state index in [9.17, 15) is 9.18 Å². The Kier molecular flexibility index (Phi) is 4.14. The van der Waals surface area contributed by atoms with Crippen molar-refractivity contribution < 1.29 is 14.3 Å². The fourth-order valence-electron chi connectivity index (χ4n) is 2.81. The molecule has 0 aromatic heterocycles. The van der Waals surface area contributed by atoms with Crippen LogP contribution < -0.4 is 0 Å². The zero-order valence-corrected chi connectivity index (χ0v) is 12.3. The third-order valence-electron chi connectivity index (χ3n) is 4.11. The number of likely N-dealkylation sites (tertiary alicyclic amines) is 1. The molecule has 0 bridgehead atoms. The Bertz CT molecular complexity index is 508. The number of hydrogen-bond donors (Lipinski definition) is 1. The molecule has 0 amide bonds. The lowest BCUT2D eigenvalue weighted by Crippen LogP contribution is -2.25. The molecule has 20 heavy (non-hydrogen) atoms. The quantitative estimate of drug-likeness (QED) is 0.922. The predicted molar refractivity (Wildman–Crippen MR) is 76.2 cm³/mol. The third-order valence-corrected chi connectivity index (χ3v) is 4.11. The maximum atomic E-state index is 13.4. The van der Waals surface area contributed by atoms with Gasteiger partial charge in [-0.05, 0) is 48.1 Å². The van der Waals surface area contributed by atoms with E-state index in [1.54, 1.807) is 6.07 Å². The summed E-state index contributed by atoms with van der Waals surface area (Å²) in [6.45, 7) is 9.32. The molecule has 3 nitrogen and oxygen atoms in total. The minimum Gasteiger partial charge on any atom is -0.478 e. The van der Waals surface area contributed by atoms with Crippen molar-refractivity contribution in [1.29, 1.82) is 0 Å². The summed E-state index contributed by atoms with van der Waals surface area (Å²) in [6.07, 6.45) is 1.14. The lowest BCUT2D eigenvalue weighted by atomic mass is 9.80. The summed E-state index contributed by atoms with van der Waals surface area (Å²) in [4.78, 5) is 13.2. The van der Waals surface area contributed by atoms with Gasteiger partial charge in [0.1, 0.15) is 5.82 Å². The number of carbonyl (C=O) groups is 1. The zero-order valence-electron chi connectivity index (χ0n) is 12.3. The van der Waals surface area contributed by atoms with Gasteiger partial charge in [-0.3, -0.25) is 4.90 Å². The molecular weight excluding hydrogens is 257 g/mol. The van der Waals surface area contributed by atoms with Crippen LogP contribution >= 0.6 is 0 Å². The second kappa shape index (κ2) is 5.52. The van der Waals surface area contributed by atoms with Crippen LogP contribution in [0.3, 0.4) is 0 Å². The summed E-state index contributed by atoms with van der Waals surface area (Å²) in [7, 11) is 0. The minimum absolute atomic E-state index is 0.0200. The van der Waals surface area contributed by atoms with E-state index in [1.165, 1.54) is 6.07 Å². The Morgan fingerprint density at radius 1 is 1.40 bits per heavy atom. The summed E-state index contributed by atoms with van der Waals surface area (Å²) in [5.74, 6) is -0.929. The highest BCUT2D eigenvalue weighted by molar-refractivity contribution is 5.87. The van der Waals surface area contributed by atoms with Crippen molar-refractivity contribution in [2.75, 3.05) is 13.1 Å². The van der Waals surface area contributed by atoms with E-state index in [2.05, 4.69) is 25.7 Å². The molecule has 0 saturated carbocycles. The molecule has 0 spiro atoms. The molecular formula is C16H22FNO2. The summed E-state index contributed by atoms with van der Waals surface area (Å²) in [6, 6.07) is 4.06. The fraction of sp³-hybridized carbons (Fsp3) is 0.562. The van der Waals surface area contributed by atoms with E-state index >= 15 is 0 Å². The van der Waals surface area contributed by atoms with Crippen LogP contribution in [0.5, 0.6) is 0 Å². The van der Waals surface area contributed by atoms with Crippen LogP contribution in [0.15, 0.2) is 18.2 Å². The van der Waals surface area contributed by atoms with Crippen molar-refractivity contribution in [3.05, 3.63) is 35.1 Å². The van der Waals surface area contributed by atoms with Crippen LogP contribution in [0.4, 0.5) is 4.39 Å². The summed E-state index contributed by atoms with van der Waals surface area (Å²) < 4.78 is 13.4. The summed E-state index contributed by atoms with van der Waals surface area (Å²) in [5, 5.41) is 8.96. The molecule has 1 aliphatic rings. The Hall–Kier alpha value is -1.42. The van der Waals surface area contributed by atoms with E-state index in [1.807, 2.05) is 0 Å². The van der Waals surface area contributed by atoms with E-state index in [0.29, 0.717) is 12.5 Å². The second-order valence-electron chi connectivity index (χ2n) is 6.74. The summed E-state index contributed by atoms with van der Waals surface area (Å²) >= 11 is 0. The first kappa shape index (κ1) is 15.0. The predicted octanol–water partition coefficient (Wildman–Crippen LogP) is 3.39. The van der Waals surface area contributed by atoms with Gasteiger partial charge in [0.05, 0.1) is 5.56 Å². The Labute approximate surface area is 119 Å². The molecule has 1 saturated heterocycles. The first-order chi connectivity index (χ1) is 9.25. The standard InChI is InChI=1S/C16H22FNO2/c1-16(2,3)13-4-5-18(10-13)9-11-6-12(15(19)20)8-14(17)7-11/h6-8,13H,4-5,9-10H2,1-3H3,(H,19,20). The molecule has 1 fully saturated rings. The molecule has 1 aromatic rings. The van der Waals surface area contributed by atoms with Gasteiger partial charge < -0.3 is 5.11 Å². The fourth-order valence-corrected chi connectivity index (χ4v) is 2.81. The maximum absolute atomic E-state index is 13.4. The van der Waals surface area contributed by atoms with E-state index < -0.39 is 11.8 Å². The van der Waals surface area contributed by atoms with Crippen LogP contribution in [-0.2, 0) is 6.54 Å². The minimum atomic E-state index is -1.08. The van der Waals surface area contributed by atoms with Crippen molar-refractivity contribution in [2.45, 2.75) is 33.7 Å². The smallest absolute Gasteiger partial charge is 0.335 e. The Balaban J connectivity index is 2.06. The van der Waals surface area contributed by atoms with Gasteiger partial charge in [-0.2, -0.15) is 0 Å². The zero-order chi connectivity index (χ0) is 14.9. The number of benzene rings is 1. The van der Waals surface area contributed by atoms with E-state index in [4.69, 9.17) is 5.11 Å². The largest absolute Gasteiger partial charge is 0.478 e. The molecule has 0 aliphatic carbocycles. The van der Waals surface area contributed by atoms with Gasteiger partial charge in [0.2, 0.25) is 0 Å². The van der Waals surface area contributed by atoms with Crippen LogP contribution in [-0.4, -0.2) is 29.1 Å². The van der Waals surface area contributed by atoms with Crippen LogP contribution in [0.2, 0.25) is 0 Å². The molecule has 1 unspecified atom stereocenters. The highest BCUT2D eigenvalue weighted by Crippen LogP contribution is 2.34. The highest BCUT2D eigenvalue weighted by atomic mass is 19.1. The van der Waals surface area contributed by atoms with Gasteiger partial charge in [-0.1, -0.05) is 20.8 Å². The molecule has 1 heterocycles. The molecule has 1 aromatic carbocycles. The molecule has 1 aliphatic heterocycles. The second-order valence-corrected chi connectivity index (χ2v) is 6.74. The van der Waals surface area contributed by atoms with Gasteiger partial charge in [-0.15, -0.1) is 0 Å². The SMILES string of the molecule is CC(C)(C)C1CCN(Cc2cc(F)cc(C(=O)O)c2)C1. The Morgan fingerprint density at radius 3 is 2.65 bits per heavy atom. The lowest BCUT2D eigenvalue weighted by Gasteiger charge is -2.27. The number of carboxylic acids is 1. The van der Waals surface area contributed by atoms with E-state index in [-0.39, 0.29) is 11.0 Å².